The van der Waals surface area contributed by atoms with Crippen molar-refractivity contribution in [3.05, 3.63) is 225 Å². The summed E-state index contributed by atoms with van der Waals surface area (Å²) in [5.41, 5.74) is 17.5. The van der Waals surface area contributed by atoms with Gasteiger partial charge in [-0.3, -0.25) is 4.98 Å². The molecule has 0 fully saturated rings. The van der Waals surface area contributed by atoms with Gasteiger partial charge in [0.15, 0.2) is 0 Å². The Kier molecular flexibility index (Phi) is 7.84. The van der Waals surface area contributed by atoms with Crippen molar-refractivity contribution in [2.75, 3.05) is 0 Å². The maximum Gasteiger partial charge on any atom is 0.0964 e. The maximum absolute atomic E-state index is 5.19. The van der Waals surface area contributed by atoms with Crippen LogP contribution in [-0.2, 0) is 0 Å². The molecule has 0 saturated heterocycles. The SMILES string of the molecule is c1ccc(-c2cc(-n3c4ccccc4c4cc(-c5ccc6c7ccccc7n(-c7ccc8c(c7)c7ncccc7n8-c7ccccc7)c6c5)ccc43)cc(-c3ccccc3)n2)cc1. The van der Waals surface area contributed by atoms with E-state index in [9.17, 15) is 0 Å². The zero-order valence-corrected chi connectivity index (χ0v) is 34.1. The van der Waals surface area contributed by atoms with Gasteiger partial charge >= 0.3 is 0 Å². The number of pyridine rings is 2. The summed E-state index contributed by atoms with van der Waals surface area (Å²) in [6, 6.07) is 78.3. The number of nitrogens with zero attached hydrogens (tertiary/aromatic N) is 5. The van der Waals surface area contributed by atoms with Crippen molar-refractivity contribution in [1.82, 2.24) is 23.7 Å². The molecule has 0 spiro atoms. The summed E-state index contributed by atoms with van der Waals surface area (Å²) >= 11 is 0. The predicted octanol–water partition coefficient (Wildman–Crippen LogP) is 14.8. The Morgan fingerprint density at radius 3 is 1.49 bits per heavy atom. The molecule has 0 aliphatic rings. The third-order valence-corrected chi connectivity index (χ3v) is 12.7. The van der Waals surface area contributed by atoms with Gasteiger partial charge in [0.25, 0.3) is 0 Å². The lowest BCUT2D eigenvalue weighted by atomic mass is 10.0. The highest BCUT2D eigenvalue weighted by Crippen LogP contribution is 2.40. The van der Waals surface area contributed by atoms with Crippen LogP contribution in [0.15, 0.2) is 225 Å². The third-order valence-electron chi connectivity index (χ3n) is 12.7. The van der Waals surface area contributed by atoms with E-state index < -0.39 is 0 Å². The summed E-state index contributed by atoms with van der Waals surface area (Å²) in [6.07, 6.45) is 1.89. The molecule has 0 N–H and O–H groups in total. The van der Waals surface area contributed by atoms with Gasteiger partial charge < -0.3 is 13.7 Å². The second-order valence-electron chi connectivity index (χ2n) is 16.2. The fourth-order valence-corrected chi connectivity index (χ4v) is 9.84. The van der Waals surface area contributed by atoms with E-state index in [1.165, 1.54) is 32.6 Å². The normalized spacial score (nSPS) is 11.8. The molecule has 0 aliphatic carbocycles. The highest BCUT2D eigenvalue weighted by molar-refractivity contribution is 6.13. The topological polar surface area (TPSA) is 40.6 Å². The fourth-order valence-electron chi connectivity index (χ4n) is 9.84. The molecule has 0 bridgehead atoms. The summed E-state index contributed by atoms with van der Waals surface area (Å²) in [6.45, 7) is 0. The smallest absolute Gasteiger partial charge is 0.0964 e. The summed E-state index contributed by atoms with van der Waals surface area (Å²) in [5, 5.41) is 5.98. The van der Waals surface area contributed by atoms with Gasteiger partial charge in [0.2, 0.25) is 0 Å². The van der Waals surface area contributed by atoms with Crippen LogP contribution in [0.3, 0.4) is 0 Å². The monoisotopic (exact) mass is 803 g/mol. The minimum Gasteiger partial charge on any atom is -0.309 e. The van der Waals surface area contributed by atoms with Gasteiger partial charge in [0.05, 0.1) is 55.7 Å². The first-order chi connectivity index (χ1) is 31.2. The zero-order valence-electron chi connectivity index (χ0n) is 34.1. The van der Waals surface area contributed by atoms with E-state index >= 15 is 0 Å². The quantitative estimate of drug-likeness (QED) is 0.168. The highest BCUT2D eigenvalue weighted by atomic mass is 15.0. The molecular weight excluding hydrogens is 767 g/mol. The van der Waals surface area contributed by atoms with E-state index in [-0.39, 0.29) is 0 Å². The lowest BCUT2D eigenvalue weighted by Crippen LogP contribution is -1.98. The number of aromatic nitrogens is 5. The summed E-state index contributed by atoms with van der Waals surface area (Å²) < 4.78 is 7.14. The molecule has 8 aromatic carbocycles. The van der Waals surface area contributed by atoms with Gasteiger partial charge in [-0.15, -0.1) is 0 Å². The lowest BCUT2D eigenvalue weighted by molar-refractivity contribution is 1.16. The van der Waals surface area contributed by atoms with E-state index in [4.69, 9.17) is 9.97 Å². The second-order valence-corrected chi connectivity index (χ2v) is 16.2. The van der Waals surface area contributed by atoms with Crippen LogP contribution < -0.4 is 0 Å². The molecular formula is C58H37N5. The van der Waals surface area contributed by atoms with Crippen molar-refractivity contribution in [2.45, 2.75) is 0 Å². The Bertz CT molecular complexity index is 3840. The van der Waals surface area contributed by atoms with Gasteiger partial charge in [-0.05, 0) is 96.1 Å². The van der Waals surface area contributed by atoms with Crippen LogP contribution >= 0.6 is 0 Å². The van der Waals surface area contributed by atoms with E-state index in [2.05, 4.69) is 226 Å². The Balaban J connectivity index is 0.991. The van der Waals surface area contributed by atoms with Gasteiger partial charge in [0, 0.05) is 55.6 Å². The van der Waals surface area contributed by atoms with Crippen LogP contribution in [0.5, 0.6) is 0 Å². The largest absolute Gasteiger partial charge is 0.309 e. The molecule has 0 radical (unpaired) electrons. The summed E-state index contributed by atoms with van der Waals surface area (Å²) in [4.78, 5) is 10.1. The molecule has 5 heteroatoms. The van der Waals surface area contributed by atoms with Crippen molar-refractivity contribution in [2.24, 2.45) is 0 Å². The van der Waals surface area contributed by atoms with Crippen LogP contribution in [0.2, 0.25) is 0 Å². The van der Waals surface area contributed by atoms with Crippen LogP contribution in [0, 0.1) is 0 Å². The van der Waals surface area contributed by atoms with E-state index in [1.807, 2.05) is 12.3 Å². The lowest BCUT2D eigenvalue weighted by Gasteiger charge is -2.13. The standard InChI is InChI=1S/C58H37N5/c1-4-15-38(16-5-1)50-36-44(37-51(60-50)39-17-6-2-7-18-39)63-53-24-13-11-22-46(53)48-33-40(27-30-54(48)63)41-26-29-47-45-21-10-12-23-52(45)62(57(47)34-41)43-28-31-55-49(35-43)58-56(25-14-32-59-58)61(55)42-19-8-3-9-20-42/h1-37H. The number of para-hydroxylation sites is 3. The van der Waals surface area contributed by atoms with Crippen molar-refractivity contribution in [1.29, 1.82) is 0 Å². The summed E-state index contributed by atoms with van der Waals surface area (Å²) in [7, 11) is 0. The predicted molar refractivity (Wildman–Crippen MR) is 261 cm³/mol. The van der Waals surface area contributed by atoms with Crippen LogP contribution in [-0.4, -0.2) is 23.7 Å². The van der Waals surface area contributed by atoms with Crippen LogP contribution in [0.4, 0.5) is 0 Å². The minimum atomic E-state index is 0.940. The Morgan fingerprint density at radius 1 is 0.270 bits per heavy atom. The molecule has 13 rings (SSSR count). The second kappa shape index (κ2) is 14.0. The van der Waals surface area contributed by atoms with Crippen LogP contribution in [0.1, 0.15) is 0 Å². The average Bonchev–Trinajstić information content (AvgIpc) is 3.99. The molecule has 5 heterocycles. The molecule has 0 atom stereocenters. The van der Waals surface area contributed by atoms with Crippen LogP contribution in [0.25, 0.3) is 116 Å². The molecule has 294 valence electrons. The van der Waals surface area contributed by atoms with Crippen molar-refractivity contribution < 1.29 is 0 Å². The van der Waals surface area contributed by atoms with Gasteiger partial charge in [-0.25, -0.2) is 4.98 Å². The minimum absolute atomic E-state index is 0.940. The number of hydrogen-bond acceptors (Lipinski definition) is 2. The number of rotatable bonds is 6. The van der Waals surface area contributed by atoms with Gasteiger partial charge in [-0.2, -0.15) is 0 Å². The van der Waals surface area contributed by atoms with Gasteiger partial charge in [-0.1, -0.05) is 133 Å². The molecule has 0 unspecified atom stereocenters. The maximum atomic E-state index is 5.19. The molecule has 0 saturated carbocycles. The fraction of sp³-hybridized carbons (Fsp3) is 0. The summed E-state index contributed by atoms with van der Waals surface area (Å²) in [5.74, 6) is 0. The van der Waals surface area contributed by atoms with E-state index in [1.54, 1.807) is 0 Å². The van der Waals surface area contributed by atoms with Crippen molar-refractivity contribution >= 4 is 65.5 Å². The molecule has 0 aliphatic heterocycles. The van der Waals surface area contributed by atoms with E-state index in [0.717, 1.165) is 83.6 Å². The first-order valence-electron chi connectivity index (χ1n) is 21.4. The van der Waals surface area contributed by atoms with E-state index in [0.29, 0.717) is 0 Å². The van der Waals surface area contributed by atoms with Gasteiger partial charge in [0.1, 0.15) is 0 Å². The average molecular weight is 804 g/mol. The molecule has 5 aromatic heterocycles. The Labute approximate surface area is 363 Å². The molecule has 0 amide bonds. The number of fused-ring (bicyclic) bond motifs is 9. The first kappa shape index (κ1) is 35.2. The first-order valence-corrected chi connectivity index (χ1v) is 21.4. The molecule has 63 heavy (non-hydrogen) atoms. The number of benzene rings is 8. The Morgan fingerprint density at radius 2 is 0.778 bits per heavy atom. The van der Waals surface area contributed by atoms with Crippen molar-refractivity contribution in [3.8, 4) is 50.7 Å². The zero-order chi connectivity index (χ0) is 41.4. The highest BCUT2D eigenvalue weighted by Gasteiger charge is 2.20. The van der Waals surface area contributed by atoms with Crippen molar-refractivity contribution in [3.63, 3.8) is 0 Å². The third kappa shape index (κ3) is 5.57. The molecule has 5 nitrogen and oxygen atoms in total. The Hall–Kier alpha value is -8.54. The molecule has 13 aromatic rings. The number of hydrogen-bond donors (Lipinski definition) is 0.